The first kappa shape index (κ1) is 20.8. The quantitative estimate of drug-likeness (QED) is 0.216. The zero-order valence-corrected chi connectivity index (χ0v) is 17.9. The Bertz CT molecular complexity index is 1440. The number of aryl methyl sites for hydroxylation is 1. The molecule has 0 spiro atoms. The second-order valence-corrected chi connectivity index (χ2v) is 7.18. The third-order valence-corrected chi connectivity index (χ3v) is 4.85. The number of nitrogen functional groups attached to an aromatic ring is 1. The lowest BCUT2D eigenvalue weighted by Crippen LogP contribution is -2.36. The number of amides is 1. The maximum atomic E-state index is 12.6. The van der Waals surface area contributed by atoms with E-state index in [1.165, 1.54) is 18.6 Å². The van der Waals surface area contributed by atoms with Gasteiger partial charge in [-0.2, -0.15) is 5.10 Å². The van der Waals surface area contributed by atoms with Crippen LogP contribution in [0.1, 0.15) is 10.4 Å². The number of carbonyl (C=O) groups excluding carboxylic acids is 1. The van der Waals surface area contributed by atoms with Gasteiger partial charge in [-0.05, 0) is 24.3 Å². The smallest absolute Gasteiger partial charge is 0.344 e. The van der Waals surface area contributed by atoms with Gasteiger partial charge in [-0.1, -0.05) is 12.1 Å². The van der Waals surface area contributed by atoms with Gasteiger partial charge < -0.3 is 20.9 Å². The van der Waals surface area contributed by atoms with Crippen LogP contribution >= 0.6 is 0 Å². The molecule has 5 aromatic rings. The number of hydrogen-bond donors (Lipinski definition) is 4. The molecule has 13 heteroatoms. The average Bonchev–Trinajstić information content (AvgIpc) is 3.42. The van der Waals surface area contributed by atoms with Gasteiger partial charge in [0.25, 0.3) is 5.91 Å². The Kier molecular flexibility index (Phi) is 5.20. The number of rotatable bonds is 6. The number of nitrogens with zero attached hydrogens (tertiary/aromatic N) is 7. The molecule has 34 heavy (non-hydrogen) atoms. The zero-order chi connectivity index (χ0) is 23.7. The number of benzene rings is 1. The lowest BCUT2D eigenvalue weighted by Gasteiger charge is -2.16. The molecule has 0 saturated heterocycles. The number of anilines is 3. The van der Waals surface area contributed by atoms with Crippen molar-refractivity contribution in [3.8, 4) is 17.5 Å². The first-order valence-corrected chi connectivity index (χ1v) is 10.0. The fourth-order valence-corrected chi connectivity index (χ4v) is 3.22. The molecule has 6 N–H and O–H groups in total. The van der Waals surface area contributed by atoms with E-state index < -0.39 is 5.91 Å². The number of fused-ring (bicyclic) bond motifs is 1. The summed E-state index contributed by atoms with van der Waals surface area (Å²) in [5.41, 5.74) is 8.78. The number of hydrazine groups is 1. The Labute approximate surface area is 192 Å². The normalized spacial score (nSPS) is 10.9. The van der Waals surface area contributed by atoms with Crippen molar-refractivity contribution in [2.24, 2.45) is 12.9 Å². The fourth-order valence-electron chi connectivity index (χ4n) is 3.22. The van der Waals surface area contributed by atoms with Crippen molar-refractivity contribution in [2.45, 2.75) is 0 Å². The van der Waals surface area contributed by atoms with Crippen molar-refractivity contribution in [1.82, 2.24) is 34.7 Å². The van der Waals surface area contributed by atoms with Gasteiger partial charge in [0.05, 0.1) is 22.3 Å². The number of aromatic amines is 1. The van der Waals surface area contributed by atoms with Crippen molar-refractivity contribution < 1.29 is 9.63 Å². The van der Waals surface area contributed by atoms with Crippen LogP contribution in [0, 0.1) is 0 Å². The van der Waals surface area contributed by atoms with Crippen LogP contribution in [-0.2, 0) is 7.05 Å². The summed E-state index contributed by atoms with van der Waals surface area (Å²) in [5.74, 6) is 6.55. The minimum atomic E-state index is -0.445. The lowest BCUT2D eigenvalue weighted by molar-refractivity contribution is 0.102. The molecule has 5 rings (SSSR count). The summed E-state index contributed by atoms with van der Waals surface area (Å²) in [4.78, 5) is 37.8. The highest BCUT2D eigenvalue weighted by atomic mass is 16.7. The number of carbonyl (C=O) groups is 1. The average molecular weight is 457 g/mol. The van der Waals surface area contributed by atoms with Crippen LogP contribution in [0.25, 0.3) is 22.6 Å². The third kappa shape index (κ3) is 4.05. The molecule has 4 heterocycles. The summed E-state index contributed by atoms with van der Waals surface area (Å²) >= 11 is 0. The molecular weight excluding hydrogens is 438 g/mol. The summed E-state index contributed by atoms with van der Waals surface area (Å²) in [6.45, 7) is 0. The van der Waals surface area contributed by atoms with Crippen LogP contribution in [0.5, 0.6) is 6.01 Å². The molecule has 1 aromatic carbocycles. The van der Waals surface area contributed by atoms with Gasteiger partial charge in [0, 0.05) is 31.7 Å². The monoisotopic (exact) mass is 457 g/mol. The lowest BCUT2D eigenvalue weighted by atomic mass is 10.3. The highest BCUT2D eigenvalue weighted by molar-refractivity contribution is 6.03. The van der Waals surface area contributed by atoms with E-state index in [9.17, 15) is 4.79 Å². The van der Waals surface area contributed by atoms with Crippen molar-refractivity contribution in [2.75, 3.05) is 16.2 Å². The van der Waals surface area contributed by atoms with Gasteiger partial charge in [0.1, 0.15) is 5.69 Å². The first-order chi connectivity index (χ1) is 16.5. The van der Waals surface area contributed by atoms with Crippen molar-refractivity contribution in [3.05, 3.63) is 66.6 Å². The number of nitrogens with one attached hydrogen (secondary N) is 2. The molecule has 0 unspecified atom stereocenters. The van der Waals surface area contributed by atoms with Gasteiger partial charge >= 0.3 is 6.01 Å². The second kappa shape index (κ2) is 8.48. The molecule has 4 aromatic heterocycles. The topological polar surface area (TPSA) is 179 Å². The van der Waals surface area contributed by atoms with E-state index in [0.717, 1.165) is 16.2 Å². The Morgan fingerprint density at radius 2 is 1.94 bits per heavy atom. The molecule has 0 bridgehead atoms. The van der Waals surface area contributed by atoms with Crippen LogP contribution in [0.2, 0.25) is 0 Å². The minimum absolute atomic E-state index is 0.0888. The Balaban J connectivity index is 1.27. The molecule has 0 aliphatic heterocycles. The summed E-state index contributed by atoms with van der Waals surface area (Å²) in [7, 11) is 1.76. The predicted octanol–water partition coefficient (Wildman–Crippen LogP) is 1.66. The standard InChI is InChI=1S/C21H19N11O2/c1-31-16(18-27-14-6-2-3-7-15(14)28-18)9-17(30-31)29-20(33)12-10-25-21(26-11-12)34-32(23)19-13(22)5-4-8-24-19/h2-11H,22-23H2,1H3,(H,27,28)(H,29,30,33). The molecule has 0 radical (unpaired) electrons. The van der Waals surface area contributed by atoms with Crippen LogP contribution in [0.15, 0.2) is 61.1 Å². The van der Waals surface area contributed by atoms with Crippen LogP contribution in [0.3, 0.4) is 0 Å². The van der Waals surface area contributed by atoms with Crippen molar-refractivity contribution in [1.29, 1.82) is 0 Å². The molecule has 13 nitrogen and oxygen atoms in total. The number of pyridine rings is 1. The molecule has 170 valence electrons. The van der Waals surface area contributed by atoms with E-state index in [0.29, 0.717) is 23.0 Å². The molecule has 0 fully saturated rings. The van der Waals surface area contributed by atoms with E-state index >= 15 is 0 Å². The Morgan fingerprint density at radius 3 is 2.71 bits per heavy atom. The maximum Gasteiger partial charge on any atom is 0.344 e. The largest absolute Gasteiger partial charge is 0.396 e. The SMILES string of the molecule is Cn1nc(NC(=O)c2cnc(ON(N)c3ncccc3N)nc2)cc1-c1nc2ccccc2[nH]1. The molecule has 0 atom stereocenters. The first-order valence-electron chi connectivity index (χ1n) is 10.0. The second-order valence-electron chi connectivity index (χ2n) is 7.18. The summed E-state index contributed by atoms with van der Waals surface area (Å²) in [5, 5.41) is 7.91. The Morgan fingerprint density at radius 1 is 1.15 bits per heavy atom. The van der Waals surface area contributed by atoms with E-state index in [2.05, 4.69) is 35.3 Å². The van der Waals surface area contributed by atoms with Gasteiger partial charge in [-0.25, -0.2) is 25.8 Å². The highest BCUT2D eigenvalue weighted by Crippen LogP contribution is 2.23. The maximum absolute atomic E-state index is 12.6. The van der Waals surface area contributed by atoms with E-state index in [1.807, 2.05) is 24.3 Å². The molecule has 0 aliphatic rings. The molecule has 0 saturated carbocycles. The fraction of sp³-hybridized carbons (Fsp3) is 0.0476. The Hall–Kier alpha value is -5.04. The van der Waals surface area contributed by atoms with Gasteiger partial charge in [0.2, 0.25) is 5.82 Å². The van der Waals surface area contributed by atoms with Crippen molar-refractivity contribution in [3.63, 3.8) is 0 Å². The van der Waals surface area contributed by atoms with Gasteiger partial charge in [0.15, 0.2) is 11.6 Å². The summed E-state index contributed by atoms with van der Waals surface area (Å²) in [6, 6.07) is 12.6. The van der Waals surface area contributed by atoms with Crippen LogP contribution in [-0.4, -0.2) is 40.6 Å². The van der Waals surface area contributed by atoms with Gasteiger partial charge in [-0.15, -0.1) is 5.17 Å². The van der Waals surface area contributed by atoms with Gasteiger partial charge in [-0.3, -0.25) is 9.48 Å². The summed E-state index contributed by atoms with van der Waals surface area (Å²) < 4.78 is 1.62. The number of aromatic nitrogens is 7. The molecular formula is C21H19N11O2. The zero-order valence-electron chi connectivity index (χ0n) is 17.9. The van der Waals surface area contributed by atoms with E-state index in [-0.39, 0.29) is 17.4 Å². The third-order valence-electron chi connectivity index (χ3n) is 4.85. The number of hydrogen-bond acceptors (Lipinski definition) is 10. The molecule has 0 aliphatic carbocycles. The van der Waals surface area contributed by atoms with Crippen LogP contribution in [0.4, 0.5) is 17.3 Å². The minimum Gasteiger partial charge on any atom is -0.396 e. The molecule has 1 amide bonds. The van der Waals surface area contributed by atoms with E-state index in [4.69, 9.17) is 16.4 Å². The highest BCUT2D eigenvalue weighted by Gasteiger charge is 2.16. The number of nitrogens with two attached hydrogens (primary N) is 2. The summed E-state index contributed by atoms with van der Waals surface area (Å²) in [6.07, 6.45) is 4.12. The van der Waals surface area contributed by atoms with Crippen molar-refractivity contribution >= 4 is 34.3 Å². The van der Waals surface area contributed by atoms with E-state index in [1.54, 1.807) is 29.9 Å². The number of imidazole rings is 1. The number of H-pyrrole nitrogens is 1. The van der Waals surface area contributed by atoms with Crippen LogP contribution < -0.4 is 26.9 Å². The number of para-hydroxylation sites is 2. The predicted molar refractivity (Wildman–Crippen MR) is 124 cm³/mol.